The summed E-state index contributed by atoms with van der Waals surface area (Å²) >= 11 is 0. The Bertz CT molecular complexity index is 986. The quantitative estimate of drug-likeness (QED) is 0.786. The SMILES string of the molecule is COc1ccc(S(=O)(=O)N(C)c2ccc(C(=O)N[C@H]3C[C@@H]4CC[C@@H]3C4)cc2)cc1. The number of benzene rings is 2. The number of anilines is 1. The van der Waals surface area contributed by atoms with Crippen LogP contribution in [-0.4, -0.2) is 34.5 Å². The van der Waals surface area contributed by atoms with Crippen molar-refractivity contribution in [2.45, 2.75) is 36.6 Å². The molecular formula is C22H26N2O4S. The van der Waals surface area contributed by atoms with Gasteiger partial charge in [-0.15, -0.1) is 0 Å². The normalized spacial score (nSPS) is 23.0. The summed E-state index contributed by atoms with van der Waals surface area (Å²) in [5.41, 5.74) is 1.05. The summed E-state index contributed by atoms with van der Waals surface area (Å²) in [5.74, 6) is 1.89. The number of sulfonamides is 1. The zero-order valence-electron chi connectivity index (χ0n) is 16.7. The van der Waals surface area contributed by atoms with E-state index in [1.165, 1.54) is 49.9 Å². The van der Waals surface area contributed by atoms with Crippen molar-refractivity contribution in [2.24, 2.45) is 11.8 Å². The van der Waals surface area contributed by atoms with Gasteiger partial charge < -0.3 is 10.1 Å². The Morgan fingerprint density at radius 2 is 1.72 bits per heavy atom. The predicted octanol–water partition coefficient (Wildman–Crippen LogP) is 3.44. The molecule has 1 N–H and O–H groups in total. The predicted molar refractivity (Wildman–Crippen MR) is 112 cm³/mol. The van der Waals surface area contributed by atoms with Gasteiger partial charge in [0.15, 0.2) is 0 Å². The van der Waals surface area contributed by atoms with E-state index in [4.69, 9.17) is 4.74 Å². The molecule has 0 unspecified atom stereocenters. The van der Waals surface area contributed by atoms with Crippen LogP contribution >= 0.6 is 0 Å². The second-order valence-corrected chi connectivity index (χ2v) is 9.92. The van der Waals surface area contributed by atoms with Gasteiger partial charge in [0.2, 0.25) is 0 Å². The minimum Gasteiger partial charge on any atom is -0.497 e. The summed E-state index contributed by atoms with van der Waals surface area (Å²) in [7, 11) is -0.661. The first-order chi connectivity index (χ1) is 13.9. The van der Waals surface area contributed by atoms with Gasteiger partial charge in [0.25, 0.3) is 15.9 Å². The lowest BCUT2D eigenvalue weighted by molar-refractivity contribution is 0.0923. The van der Waals surface area contributed by atoms with Crippen molar-refractivity contribution >= 4 is 21.6 Å². The largest absolute Gasteiger partial charge is 0.497 e. The summed E-state index contributed by atoms with van der Waals surface area (Å²) in [4.78, 5) is 12.8. The molecule has 2 aliphatic rings. The number of ether oxygens (including phenoxy) is 1. The van der Waals surface area contributed by atoms with Crippen LogP contribution in [0.4, 0.5) is 5.69 Å². The van der Waals surface area contributed by atoms with E-state index >= 15 is 0 Å². The van der Waals surface area contributed by atoms with Crippen LogP contribution in [-0.2, 0) is 10.0 Å². The molecule has 4 rings (SSSR count). The smallest absolute Gasteiger partial charge is 0.264 e. The highest BCUT2D eigenvalue weighted by Gasteiger charge is 2.40. The van der Waals surface area contributed by atoms with E-state index in [9.17, 15) is 13.2 Å². The molecule has 0 saturated heterocycles. The van der Waals surface area contributed by atoms with Crippen LogP contribution in [0.5, 0.6) is 5.75 Å². The third-order valence-corrected chi connectivity index (χ3v) is 8.07. The minimum atomic E-state index is -3.70. The molecule has 7 heteroatoms. The number of hydrogen-bond acceptors (Lipinski definition) is 4. The van der Waals surface area contributed by atoms with E-state index < -0.39 is 10.0 Å². The zero-order chi connectivity index (χ0) is 20.6. The number of carbonyl (C=O) groups is 1. The minimum absolute atomic E-state index is 0.0882. The molecule has 2 aromatic carbocycles. The Balaban J connectivity index is 1.45. The van der Waals surface area contributed by atoms with E-state index in [0.717, 1.165) is 12.3 Å². The fraction of sp³-hybridized carbons (Fsp3) is 0.409. The van der Waals surface area contributed by atoms with Gasteiger partial charge in [-0.1, -0.05) is 6.42 Å². The number of carbonyl (C=O) groups excluding carboxylic acids is 1. The number of hydrogen-bond donors (Lipinski definition) is 1. The molecule has 2 aromatic rings. The van der Waals surface area contributed by atoms with Crippen molar-refractivity contribution < 1.29 is 17.9 Å². The first kappa shape index (κ1) is 19.8. The lowest BCUT2D eigenvalue weighted by Crippen LogP contribution is -2.38. The number of amides is 1. The molecule has 0 radical (unpaired) electrons. The van der Waals surface area contributed by atoms with Gasteiger partial charge in [0.1, 0.15) is 5.75 Å². The molecule has 154 valence electrons. The highest BCUT2D eigenvalue weighted by atomic mass is 32.2. The van der Waals surface area contributed by atoms with Crippen molar-refractivity contribution in [2.75, 3.05) is 18.5 Å². The fourth-order valence-corrected chi connectivity index (χ4v) is 5.74. The maximum atomic E-state index is 12.9. The lowest BCUT2D eigenvalue weighted by atomic mass is 9.95. The van der Waals surface area contributed by atoms with Gasteiger partial charge >= 0.3 is 0 Å². The summed E-state index contributed by atoms with van der Waals surface area (Å²) in [6.07, 6.45) is 4.82. The molecule has 2 fully saturated rings. The molecular weight excluding hydrogens is 388 g/mol. The van der Waals surface area contributed by atoms with Crippen molar-refractivity contribution in [3.8, 4) is 5.75 Å². The number of nitrogens with zero attached hydrogens (tertiary/aromatic N) is 1. The van der Waals surface area contributed by atoms with E-state index in [2.05, 4.69) is 5.32 Å². The Morgan fingerprint density at radius 1 is 1.03 bits per heavy atom. The number of methoxy groups -OCH3 is 1. The van der Waals surface area contributed by atoms with Crippen LogP contribution in [0.2, 0.25) is 0 Å². The molecule has 0 aliphatic heterocycles. The molecule has 0 heterocycles. The Hall–Kier alpha value is -2.54. The van der Waals surface area contributed by atoms with Crippen LogP contribution in [0.3, 0.4) is 0 Å². The molecule has 2 aliphatic carbocycles. The Labute approximate surface area is 171 Å². The van der Waals surface area contributed by atoms with Crippen molar-refractivity contribution in [3.05, 3.63) is 54.1 Å². The molecule has 6 nitrogen and oxygen atoms in total. The van der Waals surface area contributed by atoms with Gasteiger partial charge in [0.05, 0.1) is 17.7 Å². The van der Waals surface area contributed by atoms with Gasteiger partial charge in [-0.3, -0.25) is 9.10 Å². The lowest BCUT2D eigenvalue weighted by Gasteiger charge is -2.23. The number of fused-ring (bicyclic) bond motifs is 2. The summed E-state index contributed by atoms with van der Waals surface area (Å²) in [6.45, 7) is 0. The van der Waals surface area contributed by atoms with Crippen LogP contribution in [0.15, 0.2) is 53.4 Å². The molecule has 29 heavy (non-hydrogen) atoms. The van der Waals surface area contributed by atoms with Crippen molar-refractivity contribution in [3.63, 3.8) is 0 Å². The first-order valence-electron chi connectivity index (χ1n) is 9.92. The van der Waals surface area contributed by atoms with Crippen molar-refractivity contribution in [1.29, 1.82) is 0 Å². The Kier molecular flexibility index (Phi) is 5.25. The van der Waals surface area contributed by atoms with E-state index in [0.29, 0.717) is 22.9 Å². The maximum absolute atomic E-state index is 12.9. The number of rotatable bonds is 6. The van der Waals surface area contributed by atoms with Gasteiger partial charge in [-0.05, 0) is 79.6 Å². The molecule has 3 atom stereocenters. The molecule has 1 amide bonds. The molecule has 2 saturated carbocycles. The van der Waals surface area contributed by atoms with Crippen LogP contribution in [0.25, 0.3) is 0 Å². The van der Waals surface area contributed by atoms with E-state index in [1.807, 2.05) is 0 Å². The second-order valence-electron chi connectivity index (χ2n) is 7.95. The highest BCUT2D eigenvalue weighted by molar-refractivity contribution is 7.92. The van der Waals surface area contributed by atoms with Crippen LogP contribution in [0.1, 0.15) is 36.0 Å². The Morgan fingerprint density at radius 3 is 2.28 bits per heavy atom. The van der Waals surface area contributed by atoms with Crippen LogP contribution < -0.4 is 14.4 Å². The summed E-state index contributed by atoms with van der Waals surface area (Å²) < 4.78 is 32.0. The monoisotopic (exact) mass is 414 g/mol. The van der Waals surface area contributed by atoms with Gasteiger partial charge in [0, 0.05) is 18.7 Å². The van der Waals surface area contributed by atoms with Crippen molar-refractivity contribution in [1.82, 2.24) is 5.32 Å². The van der Waals surface area contributed by atoms with Gasteiger partial charge in [-0.2, -0.15) is 0 Å². The highest BCUT2D eigenvalue weighted by Crippen LogP contribution is 2.44. The topological polar surface area (TPSA) is 75.7 Å². The van der Waals surface area contributed by atoms with E-state index in [-0.39, 0.29) is 16.8 Å². The second kappa shape index (κ2) is 7.71. The summed E-state index contributed by atoms with van der Waals surface area (Å²) in [5, 5.41) is 3.16. The standard InChI is InChI=1S/C22H26N2O4S/c1-24(29(26,27)20-11-9-19(28-2)10-12-20)18-7-5-16(6-8-18)22(25)23-21-14-15-3-4-17(21)13-15/h5-12,15,17,21H,3-4,13-14H2,1-2H3,(H,23,25)/t15-,17-,21+/m1/s1. The summed E-state index contributed by atoms with van der Waals surface area (Å²) in [6, 6.07) is 13.2. The van der Waals surface area contributed by atoms with Gasteiger partial charge in [-0.25, -0.2) is 8.42 Å². The average Bonchev–Trinajstić information content (AvgIpc) is 3.36. The fourth-order valence-electron chi connectivity index (χ4n) is 4.54. The molecule has 0 spiro atoms. The van der Waals surface area contributed by atoms with Crippen LogP contribution in [0, 0.1) is 11.8 Å². The third kappa shape index (κ3) is 3.83. The average molecular weight is 415 g/mol. The zero-order valence-corrected chi connectivity index (χ0v) is 17.5. The number of nitrogens with one attached hydrogen (secondary N) is 1. The molecule has 2 bridgehead atoms. The molecule has 0 aromatic heterocycles. The van der Waals surface area contributed by atoms with E-state index in [1.54, 1.807) is 36.4 Å². The first-order valence-corrected chi connectivity index (χ1v) is 11.4. The maximum Gasteiger partial charge on any atom is 0.264 e. The third-order valence-electron chi connectivity index (χ3n) is 6.27.